The van der Waals surface area contributed by atoms with Crippen LogP contribution >= 0.6 is 0 Å². The molecule has 0 aliphatic carbocycles. The van der Waals surface area contributed by atoms with Crippen LogP contribution in [0.3, 0.4) is 0 Å². The van der Waals surface area contributed by atoms with Crippen molar-refractivity contribution in [3.8, 4) is 0 Å². The van der Waals surface area contributed by atoms with Crippen LogP contribution in [0.2, 0.25) is 0 Å². The second-order valence-corrected chi connectivity index (χ2v) is 9.17. The number of nitrogens with zero attached hydrogens (tertiary/aromatic N) is 2. The first-order chi connectivity index (χ1) is 13.7. The number of likely N-dealkylation sites (tertiary alicyclic amines) is 2. The molecule has 0 aromatic carbocycles. The summed E-state index contributed by atoms with van der Waals surface area (Å²) >= 11 is 0. The molecule has 1 unspecified atom stereocenters. The quantitative estimate of drug-likeness (QED) is 0.696. The van der Waals surface area contributed by atoms with E-state index in [9.17, 15) is 14.4 Å². The second kappa shape index (κ2) is 10.8. The first-order valence-corrected chi connectivity index (χ1v) is 10.9. The number of carbonyl (C=O) groups is 3. The fourth-order valence-corrected chi connectivity index (χ4v) is 3.76. The van der Waals surface area contributed by atoms with Gasteiger partial charge in [-0.15, -0.1) is 0 Å². The first-order valence-electron chi connectivity index (χ1n) is 10.9. The van der Waals surface area contributed by atoms with Crippen molar-refractivity contribution in [2.75, 3.05) is 39.3 Å². The van der Waals surface area contributed by atoms with E-state index in [4.69, 9.17) is 4.74 Å². The van der Waals surface area contributed by atoms with Crippen LogP contribution < -0.4 is 10.6 Å². The third-order valence-corrected chi connectivity index (χ3v) is 5.32. The van der Waals surface area contributed by atoms with Crippen molar-refractivity contribution in [1.82, 2.24) is 20.4 Å². The monoisotopic (exact) mass is 410 g/mol. The summed E-state index contributed by atoms with van der Waals surface area (Å²) < 4.78 is 5.44. The molecule has 0 saturated carbocycles. The van der Waals surface area contributed by atoms with Crippen molar-refractivity contribution in [2.45, 2.75) is 71.4 Å². The van der Waals surface area contributed by atoms with Gasteiger partial charge in [0.05, 0.1) is 12.5 Å². The minimum absolute atomic E-state index is 0.0254. The van der Waals surface area contributed by atoms with Gasteiger partial charge in [-0.05, 0) is 52.9 Å². The Bertz CT molecular complexity index is 568. The molecule has 2 aliphatic rings. The topological polar surface area (TPSA) is 91.0 Å². The Morgan fingerprint density at radius 1 is 1.07 bits per heavy atom. The first kappa shape index (κ1) is 23.4. The summed E-state index contributed by atoms with van der Waals surface area (Å²) in [7, 11) is 0. The van der Waals surface area contributed by atoms with Crippen molar-refractivity contribution in [2.24, 2.45) is 5.92 Å². The predicted octanol–water partition coefficient (Wildman–Crippen LogP) is 1.74. The minimum atomic E-state index is -0.534. The third-order valence-electron chi connectivity index (χ3n) is 5.32. The smallest absolute Gasteiger partial charge is 0.410 e. The van der Waals surface area contributed by atoms with Gasteiger partial charge >= 0.3 is 6.09 Å². The highest BCUT2D eigenvalue weighted by Crippen LogP contribution is 2.20. The van der Waals surface area contributed by atoms with Gasteiger partial charge in [-0.3, -0.25) is 14.5 Å². The average molecular weight is 411 g/mol. The fraction of sp³-hybridized carbons (Fsp3) is 0.857. The Hall–Kier alpha value is -1.83. The van der Waals surface area contributed by atoms with Gasteiger partial charge < -0.3 is 20.3 Å². The van der Waals surface area contributed by atoms with Crippen LogP contribution in [-0.4, -0.2) is 78.6 Å². The summed E-state index contributed by atoms with van der Waals surface area (Å²) in [4.78, 5) is 40.7. The lowest BCUT2D eigenvalue weighted by Crippen LogP contribution is -2.51. The number of amides is 3. The van der Waals surface area contributed by atoms with Gasteiger partial charge in [0.25, 0.3) is 0 Å². The van der Waals surface area contributed by atoms with E-state index < -0.39 is 5.60 Å². The number of rotatable bonds is 6. The maximum Gasteiger partial charge on any atom is 0.410 e. The molecular formula is C21H38N4O4. The summed E-state index contributed by atoms with van der Waals surface area (Å²) in [5.41, 5.74) is -0.534. The van der Waals surface area contributed by atoms with Crippen molar-refractivity contribution in [3.05, 3.63) is 0 Å². The van der Waals surface area contributed by atoms with Gasteiger partial charge in [-0.1, -0.05) is 6.92 Å². The summed E-state index contributed by atoms with van der Waals surface area (Å²) in [5.74, 6) is -0.0923. The van der Waals surface area contributed by atoms with Crippen LogP contribution in [0.15, 0.2) is 0 Å². The molecule has 2 aliphatic heterocycles. The number of nitrogens with one attached hydrogen (secondary N) is 2. The fourth-order valence-electron chi connectivity index (χ4n) is 3.76. The Morgan fingerprint density at radius 2 is 1.76 bits per heavy atom. The van der Waals surface area contributed by atoms with E-state index in [1.807, 2.05) is 27.7 Å². The zero-order chi connectivity index (χ0) is 21.4. The van der Waals surface area contributed by atoms with Crippen LogP contribution in [0, 0.1) is 5.92 Å². The molecule has 1 atom stereocenters. The number of piperidine rings is 2. The molecule has 8 nitrogen and oxygen atoms in total. The Morgan fingerprint density at radius 3 is 2.38 bits per heavy atom. The molecule has 0 spiro atoms. The highest BCUT2D eigenvalue weighted by Gasteiger charge is 2.32. The lowest BCUT2D eigenvalue weighted by Gasteiger charge is -2.35. The molecule has 166 valence electrons. The maximum atomic E-state index is 12.7. The Kier molecular flexibility index (Phi) is 8.74. The molecule has 2 saturated heterocycles. The Labute approximate surface area is 174 Å². The van der Waals surface area contributed by atoms with Gasteiger partial charge in [-0.2, -0.15) is 0 Å². The van der Waals surface area contributed by atoms with Crippen LogP contribution in [0.25, 0.3) is 0 Å². The van der Waals surface area contributed by atoms with Crippen LogP contribution in [-0.2, 0) is 14.3 Å². The zero-order valence-electron chi connectivity index (χ0n) is 18.5. The van der Waals surface area contributed by atoms with Gasteiger partial charge in [0.15, 0.2) is 0 Å². The molecule has 2 rings (SSSR count). The zero-order valence-corrected chi connectivity index (χ0v) is 18.5. The summed E-state index contributed by atoms with van der Waals surface area (Å²) in [6.07, 6.45) is 3.88. The molecule has 2 fully saturated rings. The van der Waals surface area contributed by atoms with Crippen molar-refractivity contribution >= 4 is 17.9 Å². The number of hydrogen-bond acceptors (Lipinski definition) is 5. The van der Waals surface area contributed by atoms with E-state index in [1.165, 1.54) is 0 Å². The van der Waals surface area contributed by atoms with Crippen molar-refractivity contribution in [1.29, 1.82) is 0 Å². The normalized spacial score (nSPS) is 21.5. The second-order valence-electron chi connectivity index (χ2n) is 9.17. The highest BCUT2D eigenvalue weighted by molar-refractivity contribution is 5.80. The molecule has 2 heterocycles. The largest absolute Gasteiger partial charge is 0.444 e. The molecular weight excluding hydrogens is 372 g/mol. The average Bonchev–Trinajstić information content (AvgIpc) is 2.66. The number of ether oxygens (including phenoxy) is 1. The molecule has 0 aromatic heterocycles. The SMILES string of the molecule is CCCNC(=O)CN1CCC(NC(=O)C2CCCN(C(=O)OC(C)(C)C)C2)CC1. The summed E-state index contributed by atoms with van der Waals surface area (Å²) in [6.45, 7) is 11.4. The molecule has 0 radical (unpaired) electrons. The van der Waals surface area contributed by atoms with Crippen molar-refractivity contribution < 1.29 is 19.1 Å². The Balaban J connectivity index is 1.73. The standard InChI is InChI=1S/C21H38N4O4/c1-5-10-22-18(26)15-24-12-8-17(9-13-24)23-19(27)16-7-6-11-25(14-16)20(28)29-21(2,3)4/h16-17H,5-15H2,1-4H3,(H,22,26)(H,23,27). The van der Waals surface area contributed by atoms with Crippen LogP contribution in [0.5, 0.6) is 0 Å². The van der Waals surface area contributed by atoms with Gasteiger partial charge in [0.2, 0.25) is 11.8 Å². The molecule has 2 N–H and O–H groups in total. The van der Waals surface area contributed by atoms with E-state index in [2.05, 4.69) is 15.5 Å². The molecule has 0 aromatic rings. The van der Waals surface area contributed by atoms with Gasteiger partial charge in [-0.25, -0.2) is 4.79 Å². The van der Waals surface area contributed by atoms with Crippen LogP contribution in [0.1, 0.15) is 59.8 Å². The van der Waals surface area contributed by atoms with E-state index in [1.54, 1.807) is 4.90 Å². The van der Waals surface area contributed by atoms with Crippen LogP contribution in [0.4, 0.5) is 4.79 Å². The van der Waals surface area contributed by atoms with E-state index in [-0.39, 0.29) is 29.9 Å². The summed E-state index contributed by atoms with van der Waals surface area (Å²) in [6, 6.07) is 0.134. The molecule has 29 heavy (non-hydrogen) atoms. The van der Waals surface area contributed by atoms with Gasteiger partial charge in [0, 0.05) is 38.8 Å². The lowest BCUT2D eigenvalue weighted by molar-refractivity contribution is -0.128. The highest BCUT2D eigenvalue weighted by atomic mass is 16.6. The molecule has 0 bridgehead atoms. The number of hydrogen-bond donors (Lipinski definition) is 2. The third kappa shape index (κ3) is 8.20. The van der Waals surface area contributed by atoms with E-state index in [0.717, 1.165) is 45.2 Å². The molecule has 3 amide bonds. The minimum Gasteiger partial charge on any atom is -0.444 e. The van der Waals surface area contributed by atoms with E-state index >= 15 is 0 Å². The van der Waals surface area contributed by atoms with Gasteiger partial charge in [0.1, 0.15) is 5.60 Å². The summed E-state index contributed by atoms with van der Waals surface area (Å²) in [5, 5.41) is 6.06. The molecule has 8 heteroatoms. The number of carbonyl (C=O) groups excluding carboxylic acids is 3. The van der Waals surface area contributed by atoms with E-state index in [0.29, 0.717) is 26.2 Å². The maximum absolute atomic E-state index is 12.7. The predicted molar refractivity (Wildman–Crippen MR) is 111 cm³/mol. The van der Waals surface area contributed by atoms with Crippen molar-refractivity contribution in [3.63, 3.8) is 0 Å². The lowest BCUT2D eigenvalue weighted by atomic mass is 9.96.